The zero-order valence-electron chi connectivity index (χ0n) is 19.0. The number of rotatable bonds is 2. The molecule has 9 nitrogen and oxygen atoms in total. The van der Waals surface area contributed by atoms with E-state index in [1.165, 1.54) is 4.57 Å². The number of para-hydroxylation sites is 2. The summed E-state index contributed by atoms with van der Waals surface area (Å²) in [4.78, 5) is 9.36. The molecule has 9 heteroatoms. The van der Waals surface area contributed by atoms with Gasteiger partial charge in [0.1, 0.15) is 5.69 Å². The van der Waals surface area contributed by atoms with Crippen LogP contribution in [-0.4, -0.2) is 44.6 Å². The predicted octanol–water partition coefficient (Wildman–Crippen LogP) is 5.20. The molecule has 0 aliphatic rings. The average molecular weight is 490 g/mol. The minimum atomic E-state index is -1.02. The van der Waals surface area contributed by atoms with Crippen LogP contribution in [0.4, 0.5) is 0 Å². The summed E-state index contributed by atoms with van der Waals surface area (Å²) in [5.41, 5.74) is 4.37. The van der Waals surface area contributed by atoms with Crippen LogP contribution in [0.2, 0.25) is 0 Å². The van der Waals surface area contributed by atoms with Crippen molar-refractivity contribution in [3.63, 3.8) is 0 Å². The molecule has 4 heterocycles. The van der Waals surface area contributed by atoms with Gasteiger partial charge in [0.05, 0.1) is 33.1 Å². The first-order valence-corrected chi connectivity index (χ1v) is 11.4. The molecule has 0 aliphatic heterocycles. The molecule has 0 aliphatic carbocycles. The van der Waals surface area contributed by atoms with E-state index in [1.807, 2.05) is 59.2 Å². The highest BCUT2D eigenvalue weighted by molar-refractivity contribution is 6.21. The molecule has 0 fully saturated rings. The lowest BCUT2D eigenvalue weighted by Crippen LogP contribution is -2.00. The summed E-state index contributed by atoms with van der Waals surface area (Å²) in [6.07, 6.45) is 3.44. The van der Waals surface area contributed by atoms with E-state index in [1.54, 1.807) is 24.5 Å². The van der Waals surface area contributed by atoms with Crippen LogP contribution in [0.5, 0.6) is 28.7 Å². The molecule has 180 valence electrons. The Kier molecular flexibility index (Phi) is 4.11. The van der Waals surface area contributed by atoms with Crippen LogP contribution in [0.3, 0.4) is 0 Å². The fourth-order valence-electron chi connectivity index (χ4n) is 5.16. The van der Waals surface area contributed by atoms with Crippen LogP contribution in [-0.2, 0) is 0 Å². The van der Waals surface area contributed by atoms with Crippen LogP contribution in [0.15, 0.2) is 79.1 Å². The molecule has 0 unspecified atom stereocenters. The largest absolute Gasteiger partial charge is 0.503 e. The van der Waals surface area contributed by atoms with Gasteiger partial charge >= 0.3 is 0 Å². The van der Waals surface area contributed by atoms with Crippen molar-refractivity contribution in [3.8, 4) is 40.1 Å². The lowest BCUT2D eigenvalue weighted by atomic mass is 10.2. The molecule has 7 rings (SSSR count). The Balaban J connectivity index is 1.81. The lowest BCUT2D eigenvalue weighted by Gasteiger charge is -2.16. The quantitative estimate of drug-likeness (QED) is 0.166. The van der Waals surface area contributed by atoms with Gasteiger partial charge in [0, 0.05) is 28.9 Å². The zero-order chi connectivity index (χ0) is 25.4. The molecular formula is C28H18N4O5. The van der Waals surface area contributed by atoms with Gasteiger partial charge in [0.2, 0.25) is 17.2 Å². The Labute approximate surface area is 208 Å². The first-order valence-electron chi connectivity index (χ1n) is 11.4. The van der Waals surface area contributed by atoms with E-state index < -0.39 is 28.7 Å². The minimum absolute atomic E-state index is 0.300. The van der Waals surface area contributed by atoms with Gasteiger partial charge in [-0.25, -0.2) is 0 Å². The first-order chi connectivity index (χ1) is 18.0. The van der Waals surface area contributed by atoms with E-state index in [9.17, 15) is 25.5 Å². The van der Waals surface area contributed by atoms with Gasteiger partial charge in [-0.1, -0.05) is 36.4 Å². The van der Waals surface area contributed by atoms with Crippen LogP contribution < -0.4 is 0 Å². The molecule has 0 saturated carbocycles. The molecule has 0 saturated heterocycles. The van der Waals surface area contributed by atoms with Gasteiger partial charge in [-0.3, -0.25) is 14.5 Å². The Morgan fingerprint density at radius 1 is 0.514 bits per heavy atom. The van der Waals surface area contributed by atoms with Crippen LogP contribution in [0.1, 0.15) is 0 Å². The third-order valence-electron chi connectivity index (χ3n) is 6.74. The number of aromatic nitrogens is 4. The summed E-state index contributed by atoms with van der Waals surface area (Å²) in [5.74, 6) is -4.53. The molecule has 0 bridgehead atoms. The van der Waals surface area contributed by atoms with Gasteiger partial charge in [0.25, 0.3) is 0 Å². The van der Waals surface area contributed by atoms with Gasteiger partial charge in [-0.2, -0.15) is 0 Å². The van der Waals surface area contributed by atoms with Gasteiger partial charge in [0.15, 0.2) is 11.5 Å². The summed E-state index contributed by atoms with van der Waals surface area (Å²) in [5, 5.41) is 54.1. The van der Waals surface area contributed by atoms with Crippen molar-refractivity contribution in [1.29, 1.82) is 0 Å². The van der Waals surface area contributed by atoms with E-state index in [0.29, 0.717) is 33.0 Å². The number of phenols is 5. The van der Waals surface area contributed by atoms with Crippen LogP contribution >= 0.6 is 0 Å². The van der Waals surface area contributed by atoms with Crippen molar-refractivity contribution in [2.75, 3.05) is 0 Å². The number of phenolic OH excluding ortho intramolecular Hbond substituents is 5. The minimum Gasteiger partial charge on any atom is -0.503 e. The topological polar surface area (TPSA) is 137 Å². The molecule has 0 atom stereocenters. The van der Waals surface area contributed by atoms with E-state index in [0.717, 1.165) is 16.6 Å². The maximum atomic E-state index is 10.9. The number of fused-ring (bicyclic) bond motifs is 7. The normalized spacial score (nSPS) is 11.8. The summed E-state index contributed by atoms with van der Waals surface area (Å²) < 4.78 is 3.55. The van der Waals surface area contributed by atoms with Crippen molar-refractivity contribution in [3.05, 3.63) is 79.1 Å². The van der Waals surface area contributed by atoms with Crippen molar-refractivity contribution in [1.82, 2.24) is 19.1 Å². The van der Waals surface area contributed by atoms with Gasteiger partial charge < -0.3 is 30.1 Å². The Morgan fingerprint density at radius 3 is 1.92 bits per heavy atom. The van der Waals surface area contributed by atoms with Gasteiger partial charge in [-0.15, -0.1) is 0 Å². The van der Waals surface area contributed by atoms with E-state index in [4.69, 9.17) is 4.98 Å². The highest BCUT2D eigenvalue weighted by atomic mass is 16.4. The number of hydrogen-bond acceptors (Lipinski definition) is 7. The molecule has 4 aromatic heterocycles. The summed E-state index contributed by atoms with van der Waals surface area (Å²) in [7, 11) is 0. The van der Waals surface area contributed by atoms with Crippen molar-refractivity contribution < 1.29 is 25.5 Å². The van der Waals surface area contributed by atoms with Crippen molar-refractivity contribution in [2.45, 2.75) is 0 Å². The summed E-state index contributed by atoms with van der Waals surface area (Å²) in [6, 6.07) is 20.7. The number of pyridine rings is 2. The Hall–Kier alpha value is -5.44. The fraction of sp³-hybridized carbons (Fsp3) is 0. The second-order valence-electron chi connectivity index (χ2n) is 8.70. The maximum Gasteiger partial charge on any atom is 0.208 e. The zero-order valence-corrected chi connectivity index (χ0v) is 19.0. The Morgan fingerprint density at radius 2 is 1.16 bits per heavy atom. The lowest BCUT2D eigenvalue weighted by molar-refractivity contribution is 0.327. The average Bonchev–Trinajstić information content (AvgIpc) is 3.45. The molecular weight excluding hydrogens is 472 g/mol. The molecule has 7 aromatic rings. The molecule has 3 aromatic carbocycles. The van der Waals surface area contributed by atoms with Crippen molar-refractivity contribution >= 4 is 43.9 Å². The summed E-state index contributed by atoms with van der Waals surface area (Å²) in [6.45, 7) is 0. The third-order valence-corrected chi connectivity index (χ3v) is 6.74. The molecule has 0 spiro atoms. The second-order valence-corrected chi connectivity index (χ2v) is 8.70. The highest BCUT2D eigenvalue weighted by Gasteiger charge is 2.29. The van der Waals surface area contributed by atoms with Crippen LogP contribution in [0.25, 0.3) is 55.2 Å². The smallest absolute Gasteiger partial charge is 0.208 e. The first kappa shape index (κ1) is 20.9. The molecule has 5 N–H and O–H groups in total. The van der Waals surface area contributed by atoms with E-state index >= 15 is 0 Å². The monoisotopic (exact) mass is 490 g/mol. The second kappa shape index (κ2) is 7.28. The van der Waals surface area contributed by atoms with Gasteiger partial charge in [-0.05, 0) is 30.3 Å². The van der Waals surface area contributed by atoms with E-state index in [2.05, 4.69) is 4.98 Å². The molecule has 0 amide bonds. The van der Waals surface area contributed by atoms with Crippen molar-refractivity contribution in [2.24, 2.45) is 0 Å². The highest BCUT2D eigenvalue weighted by Crippen LogP contribution is 2.54. The number of hydrogen-bond donors (Lipinski definition) is 5. The fourth-order valence-corrected chi connectivity index (χ4v) is 5.16. The number of aromatic hydroxyl groups is 5. The third kappa shape index (κ3) is 2.62. The van der Waals surface area contributed by atoms with Crippen LogP contribution in [0, 0.1) is 0 Å². The SMILES string of the molecule is Oc1c(O)c(O)c(-n2c3ccccc3c3ncc4c5ncccc5n(-c5ccccc5)c4c32)c(O)c1O. The summed E-state index contributed by atoms with van der Waals surface area (Å²) >= 11 is 0. The standard InChI is InChI=1S/C28H18N4O5/c33-24-23(25(34)27(36)28(37)26(24)35)32-17-10-5-4-9-15(17)20-22(32)21-16(13-30-20)19-18(11-6-12-29-19)31(21)14-7-2-1-3-8-14/h1-13,33-37H. The Bertz CT molecular complexity index is 2010. The number of benzene rings is 3. The number of nitrogens with zero attached hydrogens (tertiary/aromatic N) is 4. The maximum absolute atomic E-state index is 10.9. The van der Waals surface area contributed by atoms with E-state index in [-0.39, 0.29) is 5.69 Å². The molecule has 37 heavy (non-hydrogen) atoms. The molecule has 0 radical (unpaired) electrons. The predicted molar refractivity (Wildman–Crippen MR) is 139 cm³/mol.